The Labute approximate surface area is 131 Å². The van der Waals surface area contributed by atoms with Crippen LogP contribution in [0.3, 0.4) is 0 Å². The molecule has 0 aromatic heterocycles. The minimum absolute atomic E-state index is 0.115. The van der Waals surface area contributed by atoms with Crippen molar-refractivity contribution >= 4 is 41.3 Å². The van der Waals surface area contributed by atoms with E-state index in [9.17, 15) is 14.7 Å². The highest BCUT2D eigenvalue weighted by atomic mass is 35.7. The zero-order valence-corrected chi connectivity index (χ0v) is 13.6. The molecule has 116 valence electrons. The molecule has 2 unspecified atom stereocenters. The zero-order valence-electron chi connectivity index (χ0n) is 10.4. The van der Waals surface area contributed by atoms with Crippen molar-refractivity contribution in [3.05, 3.63) is 22.1 Å². The molecule has 1 aliphatic heterocycles. The fraction of sp³-hybridized carbons (Fsp3) is 0.778. The van der Waals surface area contributed by atoms with Crippen LogP contribution in [-0.2, 0) is 13.8 Å². The normalized spacial score (nSPS) is 21.4. The summed E-state index contributed by atoms with van der Waals surface area (Å²) in [4.78, 5) is 9.85. The lowest BCUT2D eigenvalue weighted by Gasteiger charge is -2.25. The SMILES string of the molecule is O=[N+]([O-])C1=CCC(COP(=O)(Cl)N(CCCl)CCCl)O1. The summed E-state index contributed by atoms with van der Waals surface area (Å²) in [6.45, 7) is -3.16. The Morgan fingerprint density at radius 2 is 2.10 bits per heavy atom. The first-order valence-corrected chi connectivity index (χ1v) is 9.28. The van der Waals surface area contributed by atoms with Gasteiger partial charge in [0, 0.05) is 37.3 Å². The highest BCUT2D eigenvalue weighted by molar-refractivity contribution is 7.83. The van der Waals surface area contributed by atoms with Crippen LogP contribution in [0.2, 0.25) is 0 Å². The Morgan fingerprint density at radius 1 is 1.50 bits per heavy atom. The molecule has 11 heteroatoms. The summed E-state index contributed by atoms with van der Waals surface area (Å²) < 4.78 is 23.7. The van der Waals surface area contributed by atoms with E-state index >= 15 is 0 Å². The van der Waals surface area contributed by atoms with Crippen LogP contribution >= 0.6 is 41.3 Å². The summed E-state index contributed by atoms with van der Waals surface area (Å²) >= 11 is 17.1. The summed E-state index contributed by atoms with van der Waals surface area (Å²) in [7, 11) is 0. The average Bonchev–Trinajstić information content (AvgIpc) is 2.85. The Balaban J connectivity index is 2.47. The van der Waals surface area contributed by atoms with Gasteiger partial charge < -0.3 is 9.26 Å². The third-order valence-electron chi connectivity index (χ3n) is 2.47. The van der Waals surface area contributed by atoms with Gasteiger partial charge in [0.25, 0.3) is 0 Å². The van der Waals surface area contributed by atoms with Crippen molar-refractivity contribution in [1.29, 1.82) is 0 Å². The Morgan fingerprint density at radius 3 is 2.55 bits per heavy atom. The summed E-state index contributed by atoms with van der Waals surface area (Å²) in [5, 5.41) is 10.5. The number of rotatable bonds is 9. The van der Waals surface area contributed by atoms with Crippen LogP contribution in [0, 0.1) is 10.1 Å². The maximum Gasteiger partial charge on any atom is 0.424 e. The second-order valence-electron chi connectivity index (χ2n) is 3.85. The van der Waals surface area contributed by atoms with Gasteiger partial charge in [-0.2, -0.15) is 0 Å². The molecule has 7 nitrogen and oxygen atoms in total. The molecule has 0 spiro atoms. The van der Waals surface area contributed by atoms with Gasteiger partial charge in [-0.3, -0.25) is 14.7 Å². The molecule has 0 N–H and O–H groups in total. The highest BCUT2D eigenvalue weighted by Gasteiger charge is 2.33. The quantitative estimate of drug-likeness (QED) is 0.270. The Bertz CT molecular complexity index is 416. The Kier molecular flexibility index (Phi) is 7.58. The molecular weight excluding hydrogens is 353 g/mol. The molecule has 1 rings (SSSR count). The predicted octanol–water partition coefficient (Wildman–Crippen LogP) is 3.04. The first kappa shape index (κ1) is 18.0. The second kappa shape index (κ2) is 8.41. The van der Waals surface area contributed by atoms with Gasteiger partial charge in [0.2, 0.25) is 0 Å². The molecule has 0 bridgehead atoms. The van der Waals surface area contributed by atoms with Crippen LogP contribution in [-0.4, -0.2) is 47.2 Å². The van der Waals surface area contributed by atoms with Crippen molar-refractivity contribution in [2.75, 3.05) is 31.5 Å². The van der Waals surface area contributed by atoms with Crippen molar-refractivity contribution in [2.45, 2.75) is 12.5 Å². The van der Waals surface area contributed by atoms with E-state index in [0.29, 0.717) is 6.42 Å². The fourth-order valence-electron chi connectivity index (χ4n) is 1.52. The first-order chi connectivity index (χ1) is 9.40. The summed E-state index contributed by atoms with van der Waals surface area (Å²) in [6.07, 6.45) is 1.07. The van der Waals surface area contributed by atoms with Gasteiger partial charge in [0.05, 0.1) is 6.61 Å². The maximum atomic E-state index is 12.2. The van der Waals surface area contributed by atoms with Crippen molar-refractivity contribution in [1.82, 2.24) is 4.67 Å². The van der Waals surface area contributed by atoms with Gasteiger partial charge in [-0.05, 0) is 11.2 Å². The van der Waals surface area contributed by atoms with Crippen molar-refractivity contribution < 1.29 is 18.7 Å². The second-order valence-corrected chi connectivity index (χ2v) is 7.62. The molecule has 1 aliphatic rings. The lowest BCUT2D eigenvalue weighted by molar-refractivity contribution is -0.463. The molecule has 0 amide bonds. The van der Waals surface area contributed by atoms with E-state index in [1.54, 1.807) is 0 Å². The number of alkyl halides is 2. The molecule has 0 saturated carbocycles. The van der Waals surface area contributed by atoms with E-state index in [4.69, 9.17) is 43.7 Å². The van der Waals surface area contributed by atoms with Gasteiger partial charge >= 0.3 is 12.8 Å². The third-order valence-corrected chi connectivity index (χ3v) is 5.28. The number of hydrogen-bond acceptors (Lipinski definition) is 5. The summed E-state index contributed by atoms with van der Waals surface area (Å²) in [5.74, 6) is 0.120. The van der Waals surface area contributed by atoms with E-state index in [-0.39, 0.29) is 37.3 Å². The van der Waals surface area contributed by atoms with Gasteiger partial charge in [-0.25, -0.2) is 4.67 Å². The molecule has 0 radical (unpaired) electrons. The summed E-state index contributed by atoms with van der Waals surface area (Å²) in [6, 6.07) is 0. The molecular formula is C9H14Cl3N2O5P. The van der Waals surface area contributed by atoms with E-state index in [1.165, 1.54) is 10.7 Å². The smallest absolute Gasteiger partial charge is 0.424 e. The fourth-order valence-corrected chi connectivity index (χ4v) is 3.98. The van der Waals surface area contributed by atoms with Gasteiger partial charge in [0.1, 0.15) is 11.0 Å². The summed E-state index contributed by atoms with van der Waals surface area (Å²) in [5.41, 5.74) is 0. The maximum absolute atomic E-state index is 12.2. The van der Waals surface area contributed by atoms with Crippen LogP contribution in [0.4, 0.5) is 0 Å². The van der Waals surface area contributed by atoms with Crippen LogP contribution < -0.4 is 0 Å². The Hall–Kier alpha value is -0.0400. The lowest BCUT2D eigenvalue weighted by Crippen LogP contribution is -2.26. The minimum Gasteiger partial charge on any atom is -0.435 e. The van der Waals surface area contributed by atoms with E-state index in [1.807, 2.05) is 0 Å². The number of nitrogens with zero attached hydrogens (tertiary/aromatic N) is 2. The van der Waals surface area contributed by atoms with E-state index < -0.39 is 17.9 Å². The van der Waals surface area contributed by atoms with Crippen LogP contribution in [0.5, 0.6) is 0 Å². The van der Waals surface area contributed by atoms with Crippen molar-refractivity contribution in [3.8, 4) is 0 Å². The van der Waals surface area contributed by atoms with Gasteiger partial charge in [-0.1, -0.05) is 0 Å². The number of hydrogen-bond donors (Lipinski definition) is 0. The van der Waals surface area contributed by atoms with E-state index in [2.05, 4.69) is 0 Å². The molecule has 1 heterocycles. The molecule has 0 fully saturated rings. The predicted molar refractivity (Wildman–Crippen MR) is 77.0 cm³/mol. The van der Waals surface area contributed by atoms with Crippen molar-refractivity contribution in [2.24, 2.45) is 0 Å². The zero-order chi connectivity index (χ0) is 15.2. The topological polar surface area (TPSA) is 81.9 Å². The average molecular weight is 368 g/mol. The van der Waals surface area contributed by atoms with Crippen LogP contribution in [0.15, 0.2) is 12.0 Å². The van der Waals surface area contributed by atoms with Gasteiger partial charge in [0.15, 0.2) is 0 Å². The largest absolute Gasteiger partial charge is 0.435 e. The molecule has 0 saturated heterocycles. The van der Waals surface area contributed by atoms with E-state index in [0.717, 1.165) is 0 Å². The minimum atomic E-state index is -3.57. The molecule has 2 atom stereocenters. The van der Waals surface area contributed by atoms with Gasteiger partial charge in [-0.15, -0.1) is 23.2 Å². The molecule has 0 aromatic carbocycles. The standard InChI is InChI=1S/C9H14Cl3N2O5P/c10-3-5-13(6-4-11)20(12,17)18-7-8-1-2-9(19-8)14(15)16/h2,8H,1,3-7H2. The number of halogens is 3. The number of nitro groups is 1. The molecule has 0 aromatic rings. The first-order valence-electron chi connectivity index (χ1n) is 5.73. The molecule has 20 heavy (non-hydrogen) atoms. The number of ether oxygens (including phenoxy) is 1. The lowest BCUT2D eigenvalue weighted by atomic mass is 10.3. The third kappa shape index (κ3) is 5.39. The van der Waals surface area contributed by atoms with Crippen LogP contribution in [0.25, 0.3) is 0 Å². The van der Waals surface area contributed by atoms with Crippen LogP contribution in [0.1, 0.15) is 6.42 Å². The monoisotopic (exact) mass is 366 g/mol. The highest BCUT2D eigenvalue weighted by Crippen LogP contribution is 2.56. The molecule has 0 aliphatic carbocycles. The van der Waals surface area contributed by atoms with Crippen molar-refractivity contribution in [3.63, 3.8) is 0 Å².